The number of halogens is 1. The van der Waals surface area contributed by atoms with Crippen LogP contribution in [0.15, 0.2) is 18.2 Å². The Hall–Kier alpha value is -1.26. The maximum absolute atomic E-state index is 11.0. The fourth-order valence-electron chi connectivity index (χ4n) is 3.98. The standard InChI is InChI=1S/C18H25ClN2O2/c1-21-10-8-18(9-11-21)6-4-13(5-7-18)20-14-2-3-15(17(22)23)16(19)12-14/h2-3,12-13,20H,4-11H2,1H3,(H,22,23). The molecule has 0 aromatic heterocycles. The van der Waals surface area contributed by atoms with Crippen LogP contribution in [0.4, 0.5) is 5.69 Å². The van der Waals surface area contributed by atoms with Crippen molar-refractivity contribution in [3.05, 3.63) is 28.8 Å². The summed E-state index contributed by atoms with van der Waals surface area (Å²) < 4.78 is 0. The number of likely N-dealkylation sites (tertiary alicyclic amines) is 1. The number of carboxylic acid groups (broad SMARTS) is 1. The minimum Gasteiger partial charge on any atom is -0.478 e. The lowest BCUT2D eigenvalue weighted by molar-refractivity contribution is 0.0697. The topological polar surface area (TPSA) is 52.6 Å². The monoisotopic (exact) mass is 336 g/mol. The van der Waals surface area contributed by atoms with Crippen molar-refractivity contribution in [1.29, 1.82) is 0 Å². The van der Waals surface area contributed by atoms with Gasteiger partial charge in [0.15, 0.2) is 0 Å². The molecule has 0 bridgehead atoms. The maximum Gasteiger partial charge on any atom is 0.337 e. The average molecular weight is 337 g/mol. The number of hydrogen-bond acceptors (Lipinski definition) is 3. The zero-order chi connectivity index (χ0) is 16.4. The number of carbonyl (C=O) groups is 1. The Balaban J connectivity index is 1.57. The van der Waals surface area contributed by atoms with E-state index in [4.69, 9.17) is 16.7 Å². The first kappa shape index (κ1) is 16.6. The van der Waals surface area contributed by atoms with Crippen LogP contribution in [0.5, 0.6) is 0 Å². The van der Waals surface area contributed by atoms with Gasteiger partial charge in [0.05, 0.1) is 10.6 Å². The average Bonchev–Trinajstić information content (AvgIpc) is 2.52. The highest BCUT2D eigenvalue weighted by atomic mass is 35.5. The summed E-state index contributed by atoms with van der Waals surface area (Å²) >= 11 is 6.05. The molecule has 2 fully saturated rings. The summed E-state index contributed by atoms with van der Waals surface area (Å²) in [5, 5.41) is 12.9. The molecule has 0 atom stereocenters. The molecule has 4 nitrogen and oxygen atoms in total. The fourth-order valence-corrected chi connectivity index (χ4v) is 4.24. The second-order valence-corrected chi connectivity index (χ2v) is 7.63. The van der Waals surface area contributed by atoms with Crippen molar-refractivity contribution in [3.63, 3.8) is 0 Å². The number of nitrogens with zero attached hydrogens (tertiary/aromatic N) is 1. The number of benzene rings is 1. The molecular formula is C18H25ClN2O2. The van der Waals surface area contributed by atoms with E-state index in [2.05, 4.69) is 17.3 Å². The molecule has 23 heavy (non-hydrogen) atoms. The van der Waals surface area contributed by atoms with Crippen LogP contribution in [0.3, 0.4) is 0 Å². The summed E-state index contributed by atoms with van der Waals surface area (Å²) in [6, 6.07) is 5.58. The van der Waals surface area contributed by atoms with Gasteiger partial charge in [0.1, 0.15) is 0 Å². The molecule has 2 N–H and O–H groups in total. The third kappa shape index (κ3) is 3.81. The molecule has 1 heterocycles. The Morgan fingerprint density at radius 1 is 1.26 bits per heavy atom. The van der Waals surface area contributed by atoms with Crippen molar-refractivity contribution in [1.82, 2.24) is 4.90 Å². The van der Waals surface area contributed by atoms with E-state index in [1.54, 1.807) is 12.1 Å². The number of anilines is 1. The highest BCUT2D eigenvalue weighted by Crippen LogP contribution is 2.44. The van der Waals surface area contributed by atoms with Crippen molar-refractivity contribution in [3.8, 4) is 0 Å². The quantitative estimate of drug-likeness (QED) is 0.872. The number of carboxylic acids is 1. The van der Waals surface area contributed by atoms with E-state index in [1.807, 2.05) is 6.07 Å². The van der Waals surface area contributed by atoms with Gasteiger partial charge in [0.25, 0.3) is 0 Å². The van der Waals surface area contributed by atoms with Gasteiger partial charge in [-0.15, -0.1) is 0 Å². The van der Waals surface area contributed by atoms with Crippen LogP contribution in [-0.4, -0.2) is 42.2 Å². The molecule has 0 radical (unpaired) electrons. The molecule has 0 amide bonds. The van der Waals surface area contributed by atoms with E-state index in [1.165, 1.54) is 51.6 Å². The maximum atomic E-state index is 11.0. The Labute approximate surface area is 142 Å². The third-order valence-corrected chi connectivity index (χ3v) is 5.98. The molecule has 1 aliphatic heterocycles. The molecule has 126 valence electrons. The van der Waals surface area contributed by atoms with E-state index < -0.39 is 5.97 Å². The smallest absolute Gasteiger partial charge is 0.337 e. The highest BCUT2D eigenvalue weighted by molar-refractivity contribution is 6.33. The number of nitrogens with one attached hydrogen (secondary N) is 1. The van der Waals surface area contributed by atoms with Gasteiger partial charge in [-0.1, -0.05) is 11.6 Å². The van der Waals surface area contributed by atoms with E-state index in [-0.39, 0.29) is 5.56 Å². The first-order valence-corrected chi connectivity index (χ1v) is 8.83. The summed E-state index contributed by atoms with van der Waals surface area (Å²) in [5.41, 5.74) is 1.64. The second kappa shape index (κ2) is 6.70. The second-order valence-electron chi connectivity index (χ2n) is 7.22. The van der Waals surface area contributed by atoms with E-state index in [0.29, 0.717) is 16.5 Å². The predicted molar refractivity (Wildman–Crippen MR) is 93.5 cm³/mol. The lowest BCUT2D eigenvalue weighted by atomic mass is 9.67. The molecule has 1 saturated carbocycles. The van der Waals surface area contributed by atoms with Crippen LogP contribution in [0.2, 0.25) is 5.02 Å². The SMILES string of the molecule is CN1CCC2(CCC(Nc3ccc(C(=O)O)c(Cl)c3)CC2)CC1. The Morgan fingerprint density at radius 2 is 1.91 bits per heavy atom. The van der Waals surface area contributed by atoms with Crippen LogP contribution >= 0.6 is 11.6 Å². The molecule has 1 aromatic rings. The first-order chi connectivity index (χ1) is 11.0. The van der Waals surface area contributed by atoms with Crippen molar-refractivity contribution in [2.24, 2.45) is 5.41 Å². The zero-order valence-corrected chi connectivity index (χ0v) is 14.4. The van der Waals surface area contributed by atoms with Gasteiger partial charge in [0.2, 0.25) is 0 Å². The van der Waals surface area contributed by atoms with Crippen LogP contribution in [0.25, 0.3) is 0 Å². The van der Waals surface area contributed by atoms with Gasteiger partial charge in [0, 0.05) is 11.7 Å². The number of hydrogen-bond donors (Lipinski definition) is 2. The molecule has 0 unspecified atom stereocenters. The molecule has 1 saturated heterocycles. The van der Waals surface area contributed by atoms with Crippen molar-refractivity contribution >= 4 is 23.3 Å². The van der Waals surface area contributed by atoms with Crippen LogP contribution in [0, 0.1) is 5.41 Å². The Kier molecular flexibility index (Phi) is 4.83. The van der Waals surface area contributed by atoms with Gasteiger partial charge in [-0.2, -0.15) is 0 Å². The molecule has 1 aliphatic carbocycles. The molecule has 1 spiro atoms. The lowest BCUT2D eigenvalue weighted by Gasteiger charge is -2.45. The lowest BCUT2D eigenvalue weighted by Crippen LogP contribution is -2.42. The summed E-state index contributed by atoms with van der Waals surface area (Å²) in [6.07, 6.45) is 7.60. The van der Waals surface area contributed by atoms with Crippen LogP contribution < -0.4 is 5.32 Å². The van der Waals surface area contributed by atoms with Crippen LogP contribution in [0.1, 0.15) is 48.9 Å². The van der Waals surface area contributed by atoms with Gasteiger partial charge in [-0.05, 0) is 82.3 Å². The van der Waals surface area contributed by atoms with Crippen molar-refractivity contribution < 1.29 is 9.90 Å². The zero-order valence-electron chi connectivity index (χ0n) is 13.6. The van der Waals surface area contributed by atoms with E-state index in [0.717, 1.165) is 5.69 Å². The van der Waals surface area contributed by atoms with Gasteiger partial charge in [-0.3, -0.25) is 0 Å². The molecule has 5 heteroatoms. The third-order valence-electron chi connectivity index (χ3n) is 5.66. The summed E-state index contributed by atoms with van der Waals surface area (Å²) in [4.78, 5) is 13.4. The summed E-state index contributed by atoms with van der Waals surface area (Å²) in [7, 11) is 2.21. The minimum absolute atomic E-state index is 0.158. The fraction of sp³-hybridized carbons (Fsp3) is 0.611. The molecule has 2 aliphatic rings. The van der Waals surface area contributed by atoms with E-state index in [9.17, 15) is 4.79 Å². The van der Waals surface area contributed by atoms with Gasteiger partial charge < -0.3 is 15.3 Å². The number of aromatic carboxylic acids is 1. The first-order valence-electron chi connectivity index (χ1n) is 8.45. The van der Waals surface area contributed by atoms with Crippen molar-refractivity contribution in [2.45, 2.75) is 44.6 Å². The normalized spacial score (nSPS) is 22.2. The summed E-state index contributed by atoms with van der Waals surface area (Å²) in [6.45, 7) is 2.45. The molecule has 3 rings (SSSR count). The molecule has 1 aromatic carbocycles. The van der Waals surface area contributed by atoms with Crippen molar-refractivity contribution in [2.75, 3.05) is 25.5 Å². The number of piperidine rings is 1. The van der Waals surface area contributed by atoms with Gasteiger partial charge in [-0.25, -0.2) is 4.79 Å². The Bertz CT molecular complexity index is 572. The summed E-state index contributed by atoms with van der Waals surface area (Å²) in [5.74, 6) is -0.983. The van der Waals surface area contributed by atoms with Gasteiger partial charge >= 0.3 is 5.97 Å². The van der Waals surface area contributed by atoms with Crippen LogP contribution in [-0.2, 0) is 0 Å². The minimum atomic E-state index is -0.983. The number of rotatable bonds is 3. The largest absolute Gasteiger partial charge is 0.478 e. The molecular weight excluding hydrogens is 312 g/mol. The van der Waals surface area contributed by atoms with E-state index >= 15 is 0 Å². The Morgan fingerprint density at radius 3 is 2.48 bits per heavy atom. The highest BCUT2D eigenvalue weighted by Gasteiger charge is 2.37. The predicted octanol–water partition coefficient (Wildman–Crippen LogP) is 4.10.